The molecule has 0 radical (unpaired) electrons. The van der Waals surface area contributed by atoms with Crippen LogP contribution in [0.5, 0.6) is 23.0 Å². The van der Waals surface area contributed by atoms with Gasteiger partial charge in [-0.05, 0) is 88.1 Å². The second-order valence-electron chi connectivity index (χ2n) is 15.5. The monoisotopic (exact) mass is 880 g/mol. The highest BCUT2D eigenvalue weighted by molar-refractivity contribution is 5.92. The van der Waals surface area contributed by atoms with Crippen molar-refractivity contribution in [2.24, 2.45) is 0 Å². The summed E-state index contributed by atoms with van der Waals surface area (Å²) in [7, 11) is 0. The minimum Gasteiger partial charge on any atom is -0.494 e. The van der Waals surface area contributed by atoms with E-state index in [-0.39, 0.29) is 23.1 Å². The summed E-state index contributed by atoms with van der Waals surface area (Å²) < 4.78 is 76.3. The van der Waals surface area contributed by atoms with E-state index >= 15 is 0 Å². The molecule has 344 valence electrons. The Hall–Kier alpha value is -5.59. The average molecular weight is 881 g/mol. The first-order valence-corrected chi connectivity index (χ1v) is 22.1. The molecule has 0 aliphatic carbocycles. The van der Waals surface area contributed by atoms with Crippen molar-refractivity contribution in [2.75, 3.05) is 26.4 Å². The van der Waals surface area contributed by atoms with Gasteiger partial charge in [0.25, 0.3) is 0 Å². The molecule has 63 heavy (non-hydrogen) atoms. The molecule has 13 heteroatoms. The van der Waals surface area contributed by atoms with Gasteiger partial charge in [-0.1, -0.05) is 103 Å². The molecule has 0 aromatic heterocycles. The van der Waals surface area contributed by atoms with Gasteiger partial charge in [-0.3, -0.25) is 0 Å². The second kappa shape index (κ2) is 29.7. The topological polar surface area (TPSA) is 124 Å². The third kappa shape index (κ3) is 20.4. The van der Waals surface area contributed by atoms with Crippen LogP contribution in [0.1, 0.15) is 150 Å². The third-order valence-electron chi connectivity index (χ3n) is 9.94. The fourth-order valence-electron chi connectivity index (χ4n) is 6.25. The Balaban J connectivity index is 1.29. The fourth-order valence-corrected chi connectivity index (χ4v) is 6.25. The number of esters is 4. The van der Waals surface area contributed by atoms with Crippen LogP contribution in [-0.2, 0) is 19.1 Å². The highest BCUT2D eigenvalue weighted by Crippen LogP contribution is 2.32. The zero-order valence-corrected chi connectivity index (χ0v) is 36.9. The first-order valence-electron chi connectivity index (χ1n) is 22.1. The molecule has 3 aromatic rings. The molecule has 0 saturated heterocycles. The van der Waals surface area contributed by atoms with Gasteiger partial charge in [-0.2, -0.15) is 8.78 Å². The smallest absolute Gasteiger partial charge is 0.343 e. The van der Waals surface area contributed by atoms with E-state index in [1.807, 2.05) is 0 Å². The minimum absolute atomic E-state index is 0.00464. The van der Waals surface area contributed by atoms with Crippen LogP contribution in [0.3, 0.4) is 0 Å². The van der Waals surface area contributed by atoms with Crippen molar-refractivity contribution in [3.8, 4) is 23.0 Å². The van der Waals surface area contributed by atoms with Gasteiger partial charge in [0.2, 0.25) is 17.4 Å². The SMILES string of the molecule is C=C(C)C(=O)OCCCCCCCCCCCOc1ccc(C(=O)Oc2cc(F)c(OC(=O)c3ccc(OCCCCCCCCCCCOC(=O)C(=C)C)cc3)c(F)c2F)cc1. The molecule has 0 spiro atoms. The van der Waals surface area contributed by atoms with Crippen molar-refractivity contribution in [2.45, 2.75) is 129 Å². The number of halogens is 3. The van der Waals surface area contributed by atoms with Crippen LogP contribution in [0.25, 0.3) is 0 Å². The van der Waals surface area contributed by atoms with E-state index in [9.17, 15) is 32.3 Å². The van der Waals surface area contributed by atoms with Crippen molar-refractivity contribution >= 4 is 23.9 Å². The standard InChI is InChI=1S/C50H63F3O10/c1-36(2)47(54)60-33-21-17-13-9-5-7-11-15-19-31-58-40-27-23-38(24-28-40)49(56)62-43-35-42(51)46(45(53)44(43)52)63-50(57)39-25-29-41(30-26-39)59-32-20-16-12-8-6-10-14-18-22-34-61-48(55)37(3)4/h23-30,35H,1,3,5-22,31-34H2,2,4H3. The lowest BCUT2D eigenvalue weighted by molar-refractivity contribution is -0.139. The van der Waals surface area contributed by atoms with E-state index in [0.29, 0.717) is 55.1 Å². The van der Waals surface area contributed by atoms with E-state index < -0.39 is 40.9 Å². The lowest BCUT2D eigenvalue weighted by Gasteiger charge is -2.12. The maximum Gasteiger partial charge on any atom is 0.343 e. The van der Waals surface area contributed by atoms with E-state index in [1.165, 1.54) is 36.4 Å². The number of rotatable bonds is 32. The van der Waals surface area contributed by atoms with Crippen molar-refractivity contribution < 1.29 is 60.8 Å². The van der Waals surface area contributed by atoms with Gasteiger partial charge in [0.1, 0.15) is 11.5 Å². The van der Waals surface area contributed by atoms with Gasteiger partial charge in [-0.15, -0.1) is 0 Å². The quantitative estimate of drug-likeness (QED) is 0.0197. The average Bonchev–Trinajstić information content (AvgIpc) is 3.27. The Labute approximate surface area is 370 Å². The van der Waals surface area contributed by atoms with Crippen molar-refractivity contribution in [1.82, 2.24) is 0 Å². The van der Waals surface area contributed by atoms with E-state index in [4.69, 9.17) is 28.4 Å². The number of ether oxygens (including phenoxy) is 6. The van der Waals surface area contributed by atoms with Crippen LogP contribution in [0.15, 0.2) is 78.9 Å². The normalized spacial score (nSPS) is 10.8. The maximum absolute atomic E-state index is 14.9. The fraction of sp³-hybridized carbons (Fsp3) is 0.480. The maximum atomic E-state index is 14.9. The molecular weight excluding hydrogens is 818 g/mol. The Bertz CT molecular complexity index is 1910. The first-order chi connectivity index (χ1) is 30.4. The molecule has 0 unspecified atom stereocenters. The summed E-state index contributed by atoms with van der Waals surface area (Å²) in [6.45, 7) is 12.2. The van der Waals surface area contributed by atoms with Crippen LogP contribution in [0.2, 0.25) is 0 Å². The molecule has 3 aromatic carbocycles. The zero-order valence-electron chi connectivity index (χ0n) is 36.9. The number of hydrogen-bond donors (Lipinski definition) is 0. The van der Waals surface area contributed by atoms with Crippen molar-refractivity contribution in [3.63, 3.8) is 0 Å². The van der Waals surface area contributed by atoms with Gasteiger partial charge in [0, 0.05) is 17.2 Å². The lowest BCUT2D eigenvalue weighted by Crippen LogP contribution is -2.14. The summed E-state index contributed by atoms with van der Waals surface area (Å²) >= 11 is 0. The third-order valence-corrected chi connectivity index (χ3v) is 9.94. The number of benzene rings is 3. The van der Waals surface area contributed by atoms with Crippen molar-refractivity contribution in [3.05, 3.63) is 107 Å². The van der Waals surface area contributed by atoms with Crippen LogP contribution < -0.4 is 18.9 Å². The molecule has 0 heterocycles. The van der Waals surface area contributed by atoms with Crippen LogP contribution in [0.4, 0.5) is 13.2 Å². The van der Waals surface area contributed by atoms with Gasteiger partial charge >= 0.3 is 23.9 Å². The van der Waals surface area contributed by atoms with E-state index in [1.54, 1.807) is 26.0 Å². The summed E-state index contributed by atoms with van der Waals surface area (Å²) in [6, 6.07) is 12.1. The molecule has 0 bridgehead atoms. The molecule has 0 fully saturated rings. The minimum atomic E-state index is -1.83. The van der Waals surface area contributed by atoms with Gasteiger partial charge < -0.3 is 28.4 Å². The molecule has 10 nitrogen and oxygen atoms in total. The molecule has 3 rings (SSSR count). The molecule has 0 atom stereocenters. The van der Waals surface area contributed by atoms with Gasteiger partial charge in [-0.25, -0.2) is 23.6 Å². The number of unbranched alkanes of at least 4 members (excludes halogenated alkanes) is 16. The molecule has 0 saturated carbocycles. The zero-order chi connectivity index (χ0) is 45.8. The van der Waals surface area contributed by atoms with Crippen LogP contribution in [-0.4, -0.2) is 50.3 Å². The second-order valence-corrected chi connectivity index (χ2v) is 15.5. The number of hydrogen-bond acceptors (Lipinski definition) is 10. The summed E-state index contributed by atoms with van der Waals surface area (Å²) in [4.78, 5) is 48.1. The Morgan fingerprint density at radius 3 is 1.16 bits per heavy atom. The summed E-state index contributed by atoms with van der Waals surface area (Å²) in [5.41, 5.74) is 0.774. The Morgan fingerprint density at radius 1 is 0.460 bits per heavy atom. The Kier molecular flexibility index (Phi) is 24.4. The van der Waals surface area contributed by atoms with Gasteiger partial charge in [0.05, 0.1) is 37.6 Å². The Morgan fingerprint density at radius 2 is 0.794 bits per heavy atom. The molecular formula is C50H63F3O10. The summed E-state index contributed by atoms with van der Waals surface area (Å²) in [6.07, 6.45) is 18.6. The predicted molar refractivity (Wildman–Crippen MR) is 235 cm³/mol. The van der Waals surface area contributed by atoms with E-state index in [0.717, 1.165) is 116 Å². The summed E-state index contributed by atoms with van der Waals surface area (Å²) in [5.74, 6) is -9.11. The van der Waals surface area contributed by atoms with Crippen LogP contribution >= 0.6 is 0 Å². The number of carbonyl (C=O) groups excluding carboxylic acids is 4. The summed E-state index contributed by atoms with van der Waals surface area (Å²) in [5, 5.41) is 0. The van der Waals surface area contributed by atoms with Crippen molar-refractivity contribution in [1.29, 1.82) is 0 Å². The first kappa shape index (κ1) is 51.8. The van der Waals surface area contributed by atoms with Gasteiger partial charge in [0.15, 0.2) is 11.6 Å². The highest BCUT2D eigenvalue weighted by Gasteiger charge is 2.26. The molecule has 0 aliphatic heterocycles. The molecule has 0 N–H and O–H groups in total. The highest BCUT2D eigenvalue weighted by atomic mass is 19.2. The molecule has 0 amide bonds. The predicted octanol–water partition coefficient (Wildman–Crippen LogP) is 12.6. The van der Waals surface area contributed by atoms with Crippen LogP contribution in [0, 0.1) is 17.5 Å². The largest absolute Gasteiger partial charge is 0.494 e. The lowest BCUT2D eigenvalue weighted by atomic mass is 10.1. The number of carbonyl (C=O) groups is 4. The molecule has 0 aliphatic rings. The van der Waals surface area contributed by atoms with E-state index in [2.05, 4.69) is 13.2 Å².